The minimum absolute atomic E-state index is 0.135. The third-order valence-corrected chi connectivity index (χ3v) is 5.54. The Morgan fingerprint density at radius 3 is 1.81 bits per heavy atom. The van der Waals surface area contributed by atoms with Gasteiger partial charge in [0, 0.05) is 16.2 Å². The Morgan fingerprint density at radius 2 is 1.41 bits per heavy atom. The van der Waals surface area contributed by atoms with Gasteiger partial charge in [-0.05, 0) is 47.9 Å². The molecule has 0 N–H and O–H groups in total. The van der Waals surface area contributed by atoms with Crippen molar-refractivity contribution >= 4 is 10.9 Å². The summed E-state index contributed by atoms with van der Waals surface area (Å²) >= 11 is 0. The molecule has 1 heterocycles. The molecule has 1 aliphatic rings. The van der Waals surface area contributed by atoms with Crippen LogP contribution in [0.3, 0.4) is 0 Å². The normalized spacial score (nSPS) is 17.4. The van der Waals surface area contributed by atoms with Crippen molar-refractivity contribution in [3.63, 3.8) is 0 Å². The lowest BCUT2D eigenvalue weighted by Crippen LogP contribution is -2.24. The van der Waals surface area contributed by atoms with Gasteiger partial charge in [-0.2, -0.15) is 0 Å². The van der Waals surface area contributed by atoms with Gasteiger partial charge in [0.2, 0.25) is 0 Å². The number of halogens is 1. The molecule has 0 saturated heterocycles. The van der Waals surface area contributed by atoms with E-state index in [4.69, 9.17) is 9.97 Å². The van der Waals surface area contributed by atoms with Gasteiger partial charge in [0.05, 0.1) is 11.2 Å². The quantitative estimate of drug-likeness (QED) is 0.552. The highest BCUT2D eigenvalue weighted by atomic mass is 19.1. The first kappa shape index (κ1) is 20.2. The fourth-order valence-corrected chi connectivity index (χ4v) is 4.03. The highest BCUT2D eigenvalue weighted by molar-refractivity contribution is 5.88. The van der Waals surface area contributed by atoms with E-state index in [0.717, 1.165) is 39.1 Å². The zero-order valence-electron chi connectivity index (χ0n) is 18.8. The molecular weight excluding hydrogens is 335 g/mol. The second-order valence-corrected chi connectivity index (χ2v) is 11.4. The maximum Gasteiger partial charge on any atom is 0.136 e. The summed E-state index contributed by atoms with van der Waals surface area (Å²) < 4.78 is 15.4. The zero-order chi connectivity index (χ0) is 20.6. The molecule has 148 valence electrons. The molecule has 2 nitrogen and oxygen atoms in total. The Labute approximate surface area is 164 Å². The molecule has 1 saturated carbocycles. The van der Waals surface area contributed by atoms with Gasteiger partial charge in [-0.15, -0.1) is 0 Å². The van der Waals surface area contributed by atoms with Crippen LogP contribution in [0.15, 0.2) is 6.07 Å². The van der Waals surface area contributed by atoms with Crippen molar-refractivity contribution in [1.82, 2.24) is 9.97 Å². The Hall–Kier alpha value is -1.51. The summed E-state index contributed by atoms with van der Waals surface area (Å²) in [6.45, 7) is 21.6. The van der Waals surface area contributed by atoms with E-state index in [2.05, 4.69) is 75.3 Å². The first-order chi connectivity index (χ1) is 12.1. The molecular formula is C24H35FN2. The van der Waals surface area contributed by atoms with Crippen molar-refractivity contribution in [2.45, 2.75) is 104 Å². The second kappa shape index (κ2) is 5.75. The molecule has 3 rings (SSSR count). The molecule has 2 aromatic rings. The van der Waals surface area contributed by atoms with E-state index < -0.39 is 5.67 Å². The maximum atomic E-state index is 15.4. The van der Waals surface area contributed by atoms with Crippen molar-refractivity contribution in [3.8, 4) is 0 Å². The van der Waals surface area contributed by atoms with Crippen LogP contribution in [0.25, 0.3) is 10.9 Å². The van der Waals surface area contributed by atoms with Crippen LogP contribution >= 0.6 is 0 Å². The fourth-order valence-electron chi connectivity index (χ4n) is 4.03. The highest BCUT2D eigenvalue weighted by Crippen LogP contribution is 2.54. The lowest BCUT2D eigenvalue weighted by Gasteiger charge is -2.30. The van der Waals surface area contributed by atoms with Crippen LogP contribution < -0.4 is 0 Å². The minimum Gasteiger partial charge on any atom is -0.239 e. The first-order valence-electron chi connectivity index (χ1n) is 10.1. The summed E-state index contributed by atoms with van der Waals surface area (Å²) in [6.07, 6.45) is 1.24. The van der Waals surface area contributed by atoms with Crippen LogP contribution in [0.2, 0.25) is 0 Å². The van der Waals surface area contributed by atoms with Crippen LogP contribution in [0.4, 0.5) is 4.39 Å². The smallest absolute Gasteiger partial charge is 0.136 e. The van der Waals surface area contributed by atoms with Gasteiger partial charge < -0.3 is 0 Å². The number of hydrogen-bond donors (Lipinski definition) is 0. The number of hydrogen-bond acceptors (Lipinski definition) is 2. The topological polar surface area (TPSA) is 25.8 Å². The average Bonchev–Trinajstić information content (AvgIpc) is 3.21. The van der Waals surface area contributed by atoms with Crippen molar-refractivity contribution in [2.24, 2.45) is 0 Å². The number of rotatable bonds is 1. The minimum atomic E-state index is -1.18. The summed E-state index contributed by atoms with van der Waals surface area (Å²) in [5.74, 6) is 0.858. The highest BCUT2D eigenvalue weighted by Gasteiger charge is 2.48. The molecule has 1 fully saturated rings. The molecule has 0 amide bonds. The molecule has 0 atom stereocenters. The number of aromatic nitrogens is 2. The number of nitrogens with zero attached hydrogens (tertiary/aromatic N) is 2. The summed E-state index contributed by atoms with van der Waals surface area (Å²) in [4.78, 5) is 9.99. The van der Waals surface area contributed by atoms with Crippen LogP contribution in [0.1, 0.15) is 103 Å². The van der Waals surface area contributed by atoms with Gasteiger partial charge in [0.25, 0.3) is 0 Å². The van der Waals surface area contributed by atoms with Crippen molar-refractivity contribution < 1.29 is 4.39 Å². The fraction of sp³-hybridized carbons (Fsp3) is 0.667. The molecule has 3 heteroatoms. The van der Waals surface area contributed by atoms with Gasteiger partial charge in [-0.25, -0.2) is 14.4 Å². The van der Waals surface area contributed by atoms with E-state index >= 15 is 4.39 Å². The molecule has 0 aliphatic heterocycles. The third-order valence-electron chi connectivity index (χ3n) is 5.54. The lowest BCUT2D eigenvalue weighted by atomic mass is 9.77. The first-order valence-corrected chi connectivity index (χ1v) is 10.1. The van der Waals surface area contributed by atoms with E-state index in [1.54, 1.807) is 0 Å². The zero-order valence-corrected chi connectivity index (χ0v) is 18.8. The number of fused-ring (bicyclic) bond motifs is 1. The largest absolute Gasteiger partial charge is 0.239 e. The summed E-state index contributed by atoms with van der Waals surface area (Å²) in [6, 6.07) is 2.07. The SMILES string of the molecule is Cc1c(C(C)(C)C)c(C2(F)CC2)cc2c(C(C)(C)C)nc(C(C)(C)C)nc12. The van der Waals surface area contributed by atoms with Gasteiger partial charge in [0.15, 0.2) is 0 Å². The molecule has 27 heavy (non-hydrogen) atoms. The van der Waals surface area contributed by atoms with Crippen molar-refractivity contribution in [3.05, 3.63) is 34.3 Å². The number of aryl methyl sites for hydroxylation is 1. The second-order valence-electron chi connectivity index (χ2n) is 11.4. The lowest BCUT2D eigenvalue weighted by molar-refractivity contribution is 0.311. The Bertz CT molecular complexity index is 901. The third kappa shape index (κ3) is 3.50. The van der Waals surface area contributed by atoms with Gasteiger partial charge in [0.1, 0.15) is 11.5 Å². The van der Waals surface area contributed by atoms with Crippen LogP contribution in [-0.4, -0.2) is 9.97 Å². The van der Waals surface area contributed by atoms with Gasteiger partial charge in [-0.3, -0.25) is 0 Å². The van der Waals surface area contributed by atoms with Crippen LogP contribution in [0.5, 0.6) is 0 Å². The molecule has 1 aliphatic carbocycles. The van der Waals surface area contributed by atoms with E-state index in [-0.39, 0.29) is 16.2 Å². The predicted octanol–water partition coefficient (Wildman–Crippen LogP) is 6.79. The average molecular weight is 371 g/mol. The molecule has 1 aromatic carbocycles. The van der Waals surface area contributed by atoms with E-state index in [1.807, 2.05) is 0 Å². The van der Waals surface area contributed by atoms with Crippen molar-refractivity contribution in [1.29, 1.82) is 0 Å². The van der Waals surface area contributed by atoms with Crippen molar-refractivity contribution in [2.75, 3.05) is 0 Å². The summed E-state index contributed by atoms with van der Waals surface area (Å²) in [5, 5.41) is 1.01. The molecule has 1 aromatic heterocycles. The Morgan fingerprint density at radius 1 is 0.852 bits per heavy atom. The molecule has 0 unspecified atom stereocenters. The monoisotopic (exact) mass is 370 g/mol. The van der Waals surface area contributed by atoms with E-state index in [1.165, 1.54) is 0 Å². The number of benzene rings is 1. The Balaban J connectivity index is 2.51. The van der Waals surface area contributed by atoms with Gasteiger partial charge in [-0.1, -0.05) is 62.3 Å². The van der Waals surface area contributed by atoms with Crippen LogP contribution in [-0.2, 0) is 21.9 Å². The van der Waals surface area contributed by atoms with Gasteiger partial charge >= 0.3 is 0 Å². The number of alkyl halides is 1. The van der Waals surface area contributed by atoms with Crippen LogP contribution in [0, 0.1) is 6.92 Å². The Kier molecular flexibility index (Phi) is 4.31. The summed E-state index contributed by atoms with van der Waals surface area (Å²) in [7, 11) is 0. The standard InChI is InChI=1S/C24H35FN2/c1-14-17(21(2,3)4)16(24(25)11-12-24)13-15-18(14)26-20(23(8,9)10)27-19(15)22(5,6)7/h13H,11-12H2,1-10H3. The van der Waals surface area contributed by atoms with E-state index in [0.29, 0.717) is 12.8 Å². The predicted molar refractivity (Wildman–Crippen MR) is 112 cm³/mol. The summed E-state index contributed by atoms with van der Waals surface area (Å²) in [5.41, 5.74) is 3.50. The maximum absolute atomic E-state index is 15.4. The molecule has 0 spiro atoms. The van der Waals surface area contributed by atoms with E-state index in [9.17, 15) is 0 Å². The molecule has 0 bridgehead atoms. The molecule has 0 radical (unpaired) electrons.